The molecule has 0 spiro atoms. The number of halogens is 4. The molecule has 0 N–H and O–H groups in total. The number of benzene rings is 3. The molecule has 0 aromatic heterocycles. The standard InChI is InChI=1S/C28H30ClF3N2O3S/c1-4-33(5-2)28(35)8-6-7-20-17-22(30)11-15-25(20)19(3)34(27-18-23(31)12-16-26(27)32)38(36,37)24-13-9-21(29)10-14-24/h9-19H,4-8H2,1-3H3/t19-/m1/s1. The van der Waals surface area contributed by atoms with Gasteiger partial charge in [-0.15, -0.1) is 0 Å². The Hall–Kier alpha value is -3.04. The molecule has 38 heavy (non-hydrogen) atoms. The third-order valence-corrected chi connectivity index (χ3v) is 8.53. The molecule has 0 radical (unpaired) electrons. The SMILES string of the molecule is CCN(CC)C(=O)CCCc1cc(F)ccc1[C@@H](C)N(c1cc(F)ccc1F)S(=O)(=O)c1ccc(Cl)cc1. The first-order chi connectivity index (χ1) is 18.0. The van der Waals surface area contributed by atoms with E-state index in [9.17, 15) is 22.0 Å². The van der Waals surface area contributed by atoms with Crippen LogP contribution < -0.4 is 4.31 Å². The van der Waals surface area contributed by atoms with E-state index >= 15 is 4.39 Å². The molecule has 10 heteroatoms. The van der Waals surface area contributed by atoms with Gasteiger partial charge in [0.1, 0.15) is 17.5 Å². The normalized spacial score (nSPS) is 12.3. The number of anilines is 1. The number of amides is 1. The third-order valence-electron chi connectivity index (χ3n) is 6.38. The Balaban J connectivity index is 2.06. The predicted octanol–water partition coefficient (Wildman–Crippen LogP) is 6.90. The Morgan fingerprint density at radius 3 is 2.16 bits per heavy atom. The summed E-state index contributed by atoms with van der Waals surface area (Å²) in [6.45, 7) is 6.45. The smallest absolute Gasteiger partial charge is 0.264 e. The van der Waals surface area contributed by atoms with Crippen LogP contribution in [0, 0.1) is 17.5 Å². The third kappa shape index (κ3) is 6.69. The van der Waals surface area contributed by atoms with Crippen molar-refractivity contribution in [3.63, 3.8) is 0 Å². The fourth-order valence-electron chi connectivity index (χ4n) is 4.41. The molecule has 5 nitrogen and oxygen atoms in total. The number of hydrogen-bond acceptors (Lipinski definition) is 3. The average Bonchev–Trinajstić information content (AvgIpc) is 2.87. The molecule has 3 aromatic carbocycles. The Morgan fingerprint density at radius 2 is 1.53 bits per heavy atom. The van der Waals surface area contributed by atoms with E-state index in [4.69, 9.17) is 11.6 Å². The molecule has 0 bridgehead atoms. The number of carbonyl (C=O) groups excluding carboxylic acids is 1. The monoisotopic (exact) mass is 566 g/mol. The van der Waals surface area contributed by atoms with Gasteiger partial charge in [-0.1, -0.05) is 17.7 Å². The summed E-state index contributed by atoms with van der Waals surface area (Å²) in [5.41, 5.74) is 0.389. The average molecular weight is 567 g/mol. The number of carbonyl (C=O) groups is 1. The zero-order valence-electron chi connectivity index (χ0n) is 21.4. The molecule has 1 atom stereocenters. The van der Waals surface area contributed by atoms with E-state index in [1.54, 1.807) is 4.90 Å². The van der Waals surface area contributed by atoms with Gasteiger partial charge in [-0.2, -0.15) is 0 Å². The zero-order valence-corrected chi connectivity index (χ0v) is 23.0. The van der Waals surface area contributed by atoms with E-state index in [2.05, 4.69) is 0 Å². The lowest BCUT2D eigenvalue weighted by Gasteiger charge is -2.32. The van der Waals surface area contributed by atoms with Gasteiger partial charge < -0.3 is 4.90 Å². The maximum atomic E-state index is 15.0. The van der Waals surface area contributed by atoms with Crippen LogP contribution >= 0.6 is 11.6 Å². The maximum Gasteiger partial charge on any atom is 0.264 e. The summed E-state index contributed by atoms with van der Waals surface area (Å²) in [6, 6.07) is 10.7. The molecule has 0 heterocycles. The lowest BCUT2D eigenvalue weighted by atomic mass is 9.96. The highest BCUT2D eigenvalue weighted by molar-refractivity contribution is 7.92. The highest BCUT2D eigenvalue weighted by atomic mass is 35.5. The molecule has 3 rings (SSSR count). The van der Waals surface area contributed by atoms with Gasteiger partial charge in [0.25, 0.3) is 10.0 Å². The van der Waals surface area contributed by atoms with Crippen LogP contribution in [0.3, 0.4) is 0 Å². The maximum absolute atomic E-state index is 15.0. The second-order valence-electron chi connectivity index (χ2n) is 8.79. The lowest BCUT2D eigenvalue weighted by Crippen LogP contribution is -2.35. The zero-order chi connectivity index (χ0) is 28.0. The highest BCUT2D eigenvalue weighted by Gasteiger charge is 2.33. The molecular formula is C28H30ClF3N2O3S. The summed E-state index contributed by atoms with van der Waals surface area (Å²) in [5.74, 6) is -2.33. The van der Waals surface area contributed by atoms with Crippen molar-refractivity contribution in [1.82, 2.24) is 4.90 Å². The van der Waals surface area contributed by atoms with Gasteiger partial charge >= 0.3 is 0 Å². The molecule has 0 unspecified atom stereocenters. The van der Waals surface area contributed by atoms with Gasteiger partial charge in [0.05, 0.1) is 16.6 Å². The van der Waals surface area contributed by atoms with Crippen molar-refractivity contribution in [2.24, 2.45) is 0 Å². The van der Waals surface area contributed by atoms with Crippen molar-refractivity contribution in [2.75, 3.05) is 17.4 Å². The topological polar surface area (TPSA) is 57.7 Å². The number of aryl methyl sites for hydroxylation is 1. The minimum atomic E-state index is -4.42. The summed E-state index contributed by atoms with van der Waals surface area (Å²) in [5, 5.41) is 0.306. The lowest BCUT2D eigenvalue weighted by molar-refractivity contribution is -0.130. The van der Waals surface area contributed by atoms with E-state index in [1.165, 1.54) is 49.4 Å². The van der Waals surface area contributed by atoms with E-state index < -0.39 is 39.2 Å². The fourth-order valence-corrected chi connectivity index (χ4v) is 6.17. The van der Waals surface area contributed by atoms with Crippen molar-refractivity contribution >= 4 is 33.2 Å². The first kappa shape index (κ1) is 29.5. The van der Waals surface area contributed by atoms with Gasteiger partial charge in [0, 0.05) is 30.6 Å². The second-order valence-corrected chi connectivity index (χ2v) is 11.0. The van der Waals surface area contributed by atoms with E-state index in [-0.39, 0.29) is 23.6 Å². The Kier molecular flexibility index (Phi) is 9.84. The van der Waals surface area contributed by atoms with Gasteiger partial charge in [-0.3, -0.25) is 9.10 Å². The number of sulfonamides is 1. The van der Waals surface area contributed by atoms with Crippen LogP contribution in [0.5, 0.6) is 0 Å². The summed E-state index contributed by atoms with van der Waals surface area (Å²) in [6.07, 6.45) is 0.916. The first-order valence-corrected chi connectivity index (χ1v) is 14.1. The molecule has 0 aliphatic rings. The van der Waals surface area contributed by atoms with E-state index in [1.807, 2.05) is 13.8 Å². The number of rotatable bonds is 11. The molecule has 0 saturated heterocycles. The quantitative estimate of drug-likeness (QED) is 0.253. The summed E-state index contributed by atoms with van der Waals surface area (Å²) >= 11 is 5.93. The predicted molar refractivity (Wildman–Crippen MR) is 143 cm³/mol. The van der Waals surface area contributed by atoms with Gasteiger partial charge in [0.15, 0.2) is 0 Å². The van der Waals surface area contributed by atoms with Gasteiger partial charge in [-0.25, -0.2) is 21.6 Å². The Bertz CT molecular complexity index is 1380. The van der Waals surface area contributed by atoms with Crippen molar-refractivity contribution in [1.29, 1.82) is 0 Å². The molecule has 0 fully saturated rings. The largest absolute Gasteiger partial charge is 0.343 e. The van der Waals surface area contributed by atoms with Crippen LogP contribution in [0.25, 0.3) is 0 Å². The van der Waals surface area contributed by atoms with Crippen LogP contribution in [-0.4, -0.2) is 32.3 Å². The van der Waals surface area contributed by atoms with Gasteiger partial charge in [-0.05, 0) is 93.3 Å². The molecule has 3 aromatic rings. The number of hydrogen-bond donors (Lipinski definition) is 0. The van der Waals surface area contributed by atoms with Crippen molar-refractivity contribution in [2.45, 2.75) is 51.0 Å². The van der Waals surface area contributed by atoms with E-state index in [0.717, 1.165) is 22.5 Å². The molecular weight excluding hydrogens is 537 g/mol. The molecule has 0 saturated carbocycles. The highest BCUT2D eigenvalue weighted by Crippen LogP contribution is 2.37. The molecule has 204 valence electrons. The number of nitrogens with zero attached hydrogens (tertiary/aromatic N) is 2. The van der Waals surface area contributed by atoms with E-state index in [0.29, 0.717) is 35.7 Å². The van der Waals surface area contributed by atoms with Crippen LogP contribution in [0.2, 0.25) is 5.02 Å². The molecule has 1 amide bonds. The summed E-state index contributed by atoms with van der Waals surface area (Å²) in [4.78, 5) is 14.0. The van der Waals surface area contributed by atoms with Crippen molar-refractivity contribution in [3.05, 3.63) is 94.3 Å². The fraction of sp³-hybridized carbons (Fsp3) is 0.321. The minimum absolute atomic E-state index is 0.0326. The van der Waals surface area contributed by atoms with Crippen molar-refractivity contribution in [3.8, 4) is 0 Å². The first-order valence-electron chi connectivity index (χ1n) is 12.3. The van der Waals surface area contributed by atoms with Crippen LogP contribution in [0.4, 0.5) is 18.9 Å². The summed E-state index contributed by atoms with van der Waals surface area (Å²) in [7, 11) is -4.42. The minimum Gasteiger partial charge on any atom is -0.343 e. The Morgan fingerprint density at radius 1 is 0.921 bits per heavy atom. The summed E-state index contributed by atoms with van der Waals surface area (Å²) < 4.78 is 71.9. The Labute approximate surface area is 226 Å². The van der Waals surface area contributed by atoms with Crippen LogP contribution in [0.1, 0.15) is 50.8 Å². The van der Waals surface area contributed by atoms with Crippen LogP contribution in [0.15, 0.2) is 65.6 Å². The molecule has 0 aliphatic heterocycles. The second kappa shape index (κ2) is 12.7. The van der Waals surface area contributed by atoms with Crippen LogP contribution in [-0.2, 0) is 21.2 Å². The van der Waals surface area contributed by atoms with Crippen molar-refractivity contribution < 1.29 is 26.4 Å². The van der Waals surface area contributed by atoms with Gasteiger partial charge in [0.2, 0.25) is 5.91 Å². The molecule has 0 aliphatic carbocycles.